The van der Waals surface area contributed by atoms with Gasteiger partial charge in [0.1, 0.15) is 17.7 Å². The number of fused-ring (bicyclic) bond motifs is 1. The van der Waals surface area contributed by atoms with Gasteiger partial charge >= 0.3 is 0 Å². The van der Waals surface area contributed by atoms with Crippen LogP contribution in [0.2, 0.25) is 0 Å². The van der Waals surface area contributed by atoms with E-state index in [4.69, 9.17) is 9.26 Å². The van der Waals surface area contributed by atoms with Crippen molar-refractivity contribution in [1.29, 1.82) is 0 Å². The summed E-state index contributed by atoms with van der Waals surface area (Å²) in [6, 6.07) is 13.2. The SMILES string of the molecule is CC1Cc2cc(-c3cc(CC(=O)Nc4ccc(F)cc4)no3)ccc2O1. The zero-order chi connectivity index (χ0) is 18.1. The minimum atomic E-state index is -0.349. The second-order valence-corrected chi connectivity index (χ2v) is 6.37. The summed E-state index contributed by atoms with van der Waals surface area (Å²) in [6.07, 6.45) is 1.12. The lowest BCUT2D eigenvalue weighted by Gasteiger charge is -2.03. The number of halogens is 1. The largest absolute Gasteiger partial charge is 0.490 e. The van der Waals surface area contributed by atoms with Crippen molar-refractivity contribution in [3.8, 4) is 17.1 Å². The van der Waals surface area contributed by atoms with Crippen molar-refractivity contribution < 1.29 is 18.4 Å². The number of amides is 1. The van der Waals surface area contributed by atoms with E-state index < -0.39 is 0 Å². The lowest BCUT2D eigenvalue weighted by atomic mass is 10.1. The molecule has 5 nitrogen and oxygen atoms in total. The molecule has 2 heterocycles. The number of carbonyl (C=O) groups is 1. The number of carbonyl (C=O) groups excluding carboxylic acids is 1. The first-order valence-corrected chi connectivity index (χ1v) is 8.38. The van der Waals surface area contributed by atoms with E-state index in [1.54, 1.807) is 6.07 Å². The van der Waals surface area contributed by atoms with Crippen molar-refractivity contribution in [2.45, 2.75) is 25.9 Å². The fourth-order valence-corrected chi connectivity index (χ4v) is 3.01. The van der Waals surface area contributed by atoms with Crippen molar-refractivity contribution in [2.24, 2.45) is 0 Å². The molecule has 1 amide bonds. The van der Waals surface area contributed by atoms with Crippen LogP contribution in [0, 0.1) is 5.82 Å². The van der Waals surface area contributed by atoms with Gasteiger partial charge in [-0.05, 0) is 55.0 Å². The molecule has 4 rings (SSSR count). The molecule has 1 aromatic heterocycles. The van der Waals surface area contributed by atoms with Crippen molar-refractivity contribution in [3.05, 3.63) is 65.6 Å². The lowest BCUT2D eigenvalue weighted by Crippen LogP contribution is -2.14. The van der Waals surface area contributed by atoms with Crippen LogP contribution >= 0.6 is 0 Å². The highest BCUT2D eigenvalue weighted by Gasteiger charge is 2.20. The maximum Gasteiger partial charge on any atom is 0.230 e. The van der Waals surface area contributed by atoms with Gasteiger partial charge in [-0.15, -0.1) is 0 Å². The van der Waals surface area contributed by atoms with Crippen LogP contribution in [-0.2, 0) is 17.6 Å². The minimum absolute atomic E-state index is 0.0754. The molecule has 0 aliphatic carbocycles. The van der Waals surface area contributed by atoms with Crippen LogP contribution < -0.4 is 10.1 Å². The van der Waals surface area contributed by atoms with Gasteiger partial charge in [0.15, 0.2) is 5.76 Å². The Kier molecular flexibility index (Phi) is 4.16. The van der Waals surface area contributed by atoms with Gasteiger partial charge in [-0.1, -0.05) is 5.16 Å². The molecule has 1 unspecified atom stereocenters. The molecular weight excluding hydrogens is 335 g/mol. The molecule has 26 heavy (non-hydrogen) atoms. The first kappa shape index (κ1) is 16.3. The Morgan fingerprint density at radius 3 is 2.85 bits per heavy atom. The van der Waals surface area contributed by atoms with Gasteiger partial charge in [0.2, 0.25) is 5.91 Å². The summed E-state index contributed by atoms with van der Waals surface area (Å²) in [4.78, 5) is 12.1. The molecule has 6 heteroatoms. The highest BCUT2D eigenvalue weighted by Crippen LogP contribution is 2.33. The molecular formula is C20H17FN2O3. The summed E-state index contributed by atoms with van der Waals surface area (Å²) in [7, 11) is 0. The third-order valence-electron chi connectivity index (χ3n) is 4.21. The van der Waals surface area contributed by atoms with Crippen LogP contribution in [-0.4, -0.2) is 17.2 Å². The number of hydrogen-bond donors (Lipinski definition) is 1. The van der Waals surface area contributed by atoms with Gasteiger partial charge in [0.05, 0.1) is 12.1 Å². The zero-order valence-corrected chi connectivity index (χ0v) is 14.2. The van der Waals surface area contributed by atoms with Crippen LogP contribution in [0.4, 0.5) is 10.1 Å². The van der Waals surface area contributed by atoms with Crippen LogP contribution in [0.25, 0.3) is 11.3 Å². The monoisotopic (exact) mass is 352 g/mol. The molecule has 132 valence electrons. The van der Waals surface area contributed by atoms with Crippen molar-refractivity contribution in [2.75, 3.05) is 5.32 Å². The van der Waals surface area contributed by atoms with Crippen LogP contribution in [0.5, 0.6) is 5.75 Å². The normalized spacial score (nSPS) is 15.4. The molecule has 1 N–H and O–H groups in total. The number of aromatic nitrogens is 1. The molecule has 1 atom stereocenters. The van der Waals surface area contributed by atoms with Gasteiger partial charge in [-0.2, -0.15) is 0 Å². The van der Waals surface area contributed by atoms with E-state index in [0.717, 1.165) is 23.3 Å². The Morgan fingerprint density at radius 2 is 2.04 bits per heavy atom. The second-order valence-electron chi connectivity index (χ2n) is 6.37. The van der Waals surface area contributed by atoms with E-state index in [1.165, 1.54) is 24.3 Å². The number of anilines is 1. The number of nitrogens with zero attached hydrogens (tertiary/aromatic N) is 1. The number of benzene rings is 2. The highest BCUT2D eigenvalue weighted by molar-refractivity contribution is 5.92. The summed E-state index contributed by atoms with van der Waals surface area (Å²) < 4.78 is 24.0. The maximum atomic E-state index is 12.9. The molecule has 0 radical (unpaired) electrons. The van der Waals surface area contributed by atoms with E-state index in [9.17, 15) is 9.18 Å². The van der Waals surface area contributed by atoms with Crippen LogP contribution in [0.3, 0.4) is 0 Å². The van der Waals surface area contributed by atoms with Crippen molar-refractivity contribution in [3.63, 3.8) is 0 Å². The number of rotatable bonds is 4. The number of ether oxygens (including phenoxy) is 1. The summed E-state index contributed by atoms with van der Waals surface area (Å²) in [5, 5.41) is 6.67. The topological polar surface area (TPSA) is 64.4 Å². The van der Waals surface area contributed by atoms with Gasteiger partial charge in [0, 0.05) is 23.7 Å². The zero-order valence-electron chi connectivity index (χ0n) is 14.2. The summed E-state index contributed by atoms with van der Waals surface area (Å²) in [5.41, 5.74) is 3.11. The number of hydrogen-bond acceptors (Lipinski definition) is 4. The summed E-state index contributed by atoms with van der Waals surface area (Å²) in [6.45, 7) is 2.03. The molecule has 0 bridgehead atoms. The fraction of sp³-hybridized carbons (Fsp3) is 0.200. The van der Waals surface area contributed by atoms with Gasteiger partial charge < -0.3 is 14.6 Å². The fourth-order valence-electron chi connectivity index (χ4n) is 3.01. The quantitative estimate of drug-likeness (QED) is 0.771. The molecule has 1 aliphatic heterocycles. The predicted octanol–water partition coefficient (Wildman–Crippen LogP) is 3.99. The Balaban J connectivity index is 1.44. The van der Waals surface area contributed by atoms with E-state index in [0.29, 0.717) is 17.1 Å². The Bertz CT molecular complexity index is 950. The smallest absolute Gasteiger partial charge is 0.230 e. The Morgan fingerprint density at radius 1 is 1.23 bits per heavy atom. The molecule has 0 fully saturated rings. The average Bonchev–Trinajstić information content (AvgIpc) is 3.21. The second kappa shape index (κ2) is 6.63. The van der Waals surface area contributed by atoms with E-state index in [2.05, 4.69) is 10.5 Å². The van der Waals surface area contributed by atoms with Crippen molar-refractivity contribution >= 4 is 11.6 Å². The van der Waals surface area contributed by atoms with Crippen molar-refractivity contribution in [1.82, 2.24) is 5.16 Å². The van der Waals surface area contributed by atoms with Gasteiger partial charge in [-0.3, -0.25) is 4.79 Å². The number of nitrogens with one attached hydrogen (secondary N) is 1. The third-order valence-corrected chi connectivity index (χ3v) is 4.21. The third kappa shape index (κ3) is 3.44. The molecule has 1 aliphatic rings. The maximum absolute atomic E-state index is 12.9. The van der Waals surface area contributed by atoms with Crippen LogP contribution in [0.1, 0.15) is 18.2 Å². The first-order valence-electron chi connectivity index (χ1n) is 8.38. The summed E-state index contributed by atoms with van der Waals surface area (Å²) in [5.74, 6) is 0.919. The highest BCUT2D eigenvalue weighted by atomic mass is 19.1. The Hall–Kier alpha value is -3.15. The van der Waals surface area contributed by atoms with E-state index in [1.807, 2.05) is 25.1 Å². The first-order chi connectivity index (χ1) is 12.6. The standard InChI is InChI=1S/C20H17FN2O3/c1-12-8-14-9-13(2-7-18(14)25-12)19-10-17(23-26-19)11-20(24)22-16-5-3-15(21)4-6-16/h2-7,9-10,12H,8,11H2,1H3,(H,22,24). The van der Waals surface area contributed by atoms with Gasteiger partial charge in [0.25, 0.3) is 0 Å². The average molecular weight is 352 g/mol. The predicted molar refractivity (Wildman–Crippen MR) is 94.5 cm³/mol. The molecule has 0 saturated carbocycles. The molecule has 2 aromatic carbocycles. The minimum Gasteiger partial charge on any atom is -0.490 e. The molecule has 0 spiro atoms. The van der Waals surface area contributed by atoms with E-state index in [-0.39, 0.29) is 24.2 Å². The van der Waals surface area contributed by atoms with Crippen LogP contribution in [0.15, 0.2) is 53.1 Å². The summed E-state index contributed by atoms with van der Waals surface area (Å²) >= 11 is 0. The van der Waals surface area contributed by atoms with E-state index >= 15 is 0 Å². The lowest BCUT2D eigenvalue weighted by molar-refractivity contribution is -0.115. The molecule has 3 aromatic rings. The van der Waals surface area contributed by atoms with Gasteiger partial charge in [-0.25, -0.2) is 4.39 Å². The molecule has 0 saturated heterocycles. The Labute approximate surface area is 149 Å².